The number of nitrogens with zero attached hydrogens (tertiary/aromatic N) is 1. The summed E-state index contributed by atoms with van der Waals surface area (Å²) in [5, 5.41) is 13.7. The van der Waals surface area contributed by atoms with E-state index < -0.39 is 0 Å². The minimum Gasteiger partial charge on any atom is -0.409 e. The van der Waals surface area contributed by atoms with Crippen molar-refractivity contribution >= 4 is 27.7 Å². The lowest BCUT2D eigenvalue weighted by molar-refractivity contribution is -0.120. The second-order valence-corrected chi connectivity index (χ2v) is 4.09. The van der Waals surface area contributed by atoms with Gasteiger partial charge in [0.2, 0.25) is 5.91 Å². The Morgan fingerprint density at radius 1 is 1.56 bits per heavy atom. The molecule has 16 heavy (non-hydrogen) atoms. The Labute approximate surface area is 101 Å². The molecule has 0 atom stereocenters. The highest BCUT2D eigenvalue weighted by Gasteiger charge is 2.04. The van der Waals surface area contributed by atoms with Gasteiger partial charge >= 0.3 is 0 Å². The van der Waals surface area contributed by atoms with E-state index in [-0.39, 0.29) is 18.2 Å². The number of rotatable bonds is 4. The Balaban J connectivity index is 2.43. The van der Waals surface area contributed by atoms with Crippen molar-refractivity contribution in [3.05, 3.63) is 34.3 Å². The third-order valence-electron chi connectivity index (χ3n) is 1.85. The number of carbonyl (C=O) groups is 1. The van der Waals surface area contributed by atoms with Crippen LogP contribution in [0.15, 0.2) is 33.9 Å². The Hall–Kier alpha value is -1.56. The molecule has 6 heteroatoms. The van der Waals surface area contributed by atoms with Crippen LogP contribution in [0.1, 0.15) is 12.0 Å². The topological polar surface area (TPSA) is 87.7 Å². The number of halogens is 1. The smallest absolute Gasteiger partial charge is 0.227 e. The summed E-state index contributed by atoms with van der Waals surface area (Å²) in [7, 11) is 0. The van der Waals surface area contributed by atoms with Crippen molar-refractivity contribution < 1.29 is 10.0 Å². The third-order valence-corrected chi connectivity index (χ3v) is 2.34. The molecule has 1 aromatic carbocycles. The molecular formula is C10H12BrN3O2. The largest absolute Gasteiger partial charge is 0.409 e. The average molecular weight is 286 g/mol. The summed E-state index contributed by atoms with van der Waals surface area (Å²) in [6, 6.07) is 7.59. The Morgan fingerprint density at radius 3 is 2.94 bits per heavy atom. The van der Waals surface area contributed by atoms with Gasteiger partial charge < -0.3 is 16.3 Å². The average Bonchev–Trinajstić information content (AvgIpc) is 2.26. The monoisotopic (exact) mass is 285 g/mol. The first kappa shape index (κ1) is 12.5. The molecular weight excluding hydrogens is 274 g/mol. The van der Waals surface area contributed by atoms with E-state index in [9.17, 15) is 4.79 Å². The molecule has 0 saturated heterocycles. The minimum atomic E-state index is -0.282. The molecule has 0 fully saturated rings. The van der Waals surface area contributed by atoms with E-state index in [1.165, 1.54) is 0 Å². The molecule has 5 nitrogen and oxygen atoms in total. The fourth-order valence-corrected chi connectivity index (χ4v) is 1.56. The molecule has 0 aromatic heterocycles. The molecule has 0 aliphatic rings. The van der Waals surface area contributed by atoms with Gasteiger partial charge in [0.1, 0.15) is 5.84 Å². The fraction of sp³-hybridized carbons (Fsp3) is 0.200. The standard InChI is InChI=1S/C10H12BrN3O2/c11-8-3-1-2-7(4-8)6-13-10(15)5-9(12)14-16/h1-4,16H,5-6H2,(H2,12,14)(H,13,15). The number of amidine groups is 1. The zero-order valence-corrected chi connectivity index (χ0v) is 10.1. The second-order valence-electron chi connectivity index (χ2n) is 3.17. The molecule has 0 aliphatic carbocycles. The van der Waals surface area contributed by atoms with Crippen LogP contribution in [0.4, 0.5) is 0 Å². The Morgan fingerprint density at radius 2 is 2.31 bits per heavy atom. The summed E-state index contributed by atoms with van der Waals surface area (Å²) in [5.41, 5.74) is 6.17. The van der Waals surface area contributed by atoms with Crippen LogP contribution in [0, 0.1) is 0 Å². The maximum atomic E-state index is 11.3. The predicted molar refractivity (Wildman–Crippen MR) is 64.0 cm³/mol. The van der Waals surface area contributed by atoms with Gasteiger partial charge in [-0.25, -0.2) is 0 Å². The molecule has 0 bridgehead atoms. The Bertz CT molecular complexity index is 407. The normalized spacial score (nSPS) is 11.2. The summed E-state index contributed by atoms with van der Waals surface area (Å²) in [5.74, 6) is -0.387. The van der Waals surface area contributed by atoms with Gasteiger partial charge in [-0.3, -0.25) is 4.79 Å². The highest BCUT2D eigenvalue weighted by atomic mass is 79.9. The molecule has 4 N–H and O–H groups in total. The van der Waals surface area contributed by atoms with E-state index in [4.69, 9.17) is 10.9 Å². The zero-order valence-electron chi connectivity index (χ0n) is 8.48. The van der Waals surface area contributed by atoms with Gasteiger partial charge in [-0.1, -0.05) is 33.2 Å². The lowest BCUT2D eigenvalue weighted by atomic mass is 10.2. The van der Waals surface area contributed by atoms with Crippen LogP contribution in [0.3, 0.4) is 0 Å². The number of nitrogens with two attached hydrogens (primary N) is 1. The van der Waals surface area contributed by atoms with Crippen LogP contribution in [0.5, 0.6) is 0 Å². The van der Waals surface area contributed by atoms with Crippen LogP contribution in [0.25, 0.3) is 0 Å². The number of amides is 1. The molecule has 1 aromatic rings. The molecule has 0 heterocycles. The fourth-order valence-electron chi connectivity index (χ4n) is 1.11. The van der Waals surface area contributed by atoms with Gasteiger partial charge in [0, 0.05) is 11.0 Å². The first-order valence-corrected chi connectivity index (χ1v) is 5.38. The van der Waals surface area contributed by atoms with E-state index in [0.717, 1.165) is 10.0 Å². The molecule has 0 unspecified atom stereocenters. The molecule has 0 spiro atoms. The molecule has 1 amide bonds. The predicted octanol–water partition coefficient (Wildman–Crippen LogP) is 1.20. The van der Waals surface area contributed by atoms with Crippen LogP contribution in [-0.4, -0.2) is 17.0 Å². The first-order valence-electron chi connectivity index (χ1n) is 4.59. The van der Waals surface area contributed by atoms with E-state index in [1.807, 2.05) is 24.3 Å². The van der Waals surface area contributed by atoms with Crippen molar-refractivity contribution in [3.8, 4) is 0 Å². The molecule has 0 saturated carbocycles. The lowest BCUT2D eigenvalue weighted by Crippen LogP contribution is -2.28. The number of carbonyl (C=O) groups excluding carboxylic acids is 1. The SMILES string of the molecule is NC(CC(=O)NCc1cccc(Br)c1)=NO. The third kappa shape index (κ3) is 4.31. The molecule has 0 aliphatic heterocycles. The van der Waals surface area contributed by atoms with E-state index >= 15 is 0 Å². The summed E-state index contributed by atoms with van der Waals surface area (Å²) in [6.45, 7) is 0.414. The Kier molecular flexibility index (Phi) is 4.78. The van der Waals surface area contributed by atoms with Crippen LogP contribution < -0.4 is 11.1 Å². The van der Waals surface area contributed by atoms with E-state index in [1.54, 1.807) is 0 Å². The van der Waals surface area contributed by atoms with Crippen molar-refractivity contribution in [2.45, 2.75) is 13.0 Å². The van der Waals surface area contributed by atoms with Gasteiger partial charge in [-0.05, 0) is 17.7 Å². The van der Waals surface area contributed by atoms with E-state index in [2.05, 4.69) is 26.4 Å². The number of hydrogen-bond acceptors (Lipinski definition) is 3. The van der Waals surface area contributed by atoms with Gasteiger partial charge in [-0.2, -0.15) is 0 Å². The van der Waals surface area contributed by atoms with Crippen molar-refractivity contribution in [2.24, 2.45) is 10.9 Å². The summed E-state index contributed by atoms with van der Waals surface area (Å²) in [4.78, 5) is 11.3. The summed E-state index contributed by atoms with van der Waals surface area (Å²) >= 11 is 3.34. The minimum absolute atomic E-state index is 0.105. The maximum absolute atomic E-state index is 11.3. The van der Waals surface area contributed by atoms with Gasteiger partial charge in [0.05, 0.1) is 6.42 Å². The summed E-state index contributed by atoms with van der Waals surface area (Å²) in [6.07, 6.45) is -0.107. The number of nitrogens with one attached hydrogen (secondary N) is 1. The van der Waals surface area contributed by atoms with Crippen molar-refractivity contribution in [2.75, 3.05) is 0 Å². The van der Waals surface area contributed by atoms with Gasteiger partial charge in [0.25, 0.3) is 0 Å². The quantitative estimate of drug-likeness (QED) is 0.336. The number of oxime groups is 1. The highest BCUT2D eigenvalue weighted by Crippen LogP contribution is 2.11. The first-order chi connectivity index (χ1) is 7.61. The summed E-state index contributed by atoms with van der Waals surface area (Å²) < 4.78 is 0.954. The zero-order chi connectivity index (χ0) is 12.0. The molecule has 1 rings (SSSR count). The van der Waals surface area contributed by atoms with Gasteiger partial charge in [0.15, 0.2) is 0 Å². The highest BCUT2D eigenvalue weighted by molar-refractivity contribution is 9.10. The lowest BCUT2D eigenvalue weighted by Gasteiger charge is -2.04. The van der Waals surface area contributed by atoms with Crippen molar-refractivity contribution in [3.63, 3.8) is 0 Å². The van der Waals surface area contributed by atoms with Crippen LogP contribution in [0.2, 0.25) is 0 Å². The van der Waals surface area contributed by atoms with Crippen molar-refractivity contribution in [1.82, 2.24) is 5.32 Å². The van der Waals surface area contributed by atoms with Gasteiger partial charge in [-0.15, -0.1) is 0 Å². The maximum Gasteiger partial charge on any atom is 0.227 e. The van der Waals surface area contributed by atoms with E-state index in [0.29, 0.717) is 6.54 Å². The van der Waals surface area contributed by atoms with Crippen LogP contribution in [-0.2, 0) is 11.3 Å². The van der Waals surface area contributed by atoms with Crippen molar-refractivity contribution in [1.29, 1.82) is 0 Å². The molecule has 86 valence electrons. The number of hydrogen-bond donors (Lipinski definition) is 3. The second kappa shape index (κ2) is 6.12. The number of benzene rings is 1. The van der Waals surface area contributed by atoms with Crippen LogP contribution >= 0.6 is 15.9 Å². The molecule has 0 radical (unpaired) electrons.